The quantitative estimate of drug-likeness (QED) is 0.673. The molecule has 0 atom stereocenters. The van der Waals surface area contributed by atoms with E-state index in [0.717, 1.165) is 19.4 Å². The minimum atomic E-state index is -3.53. The van der Waals surface area contributed by atoms with Crippen molar-refractivity contribution in [2.45, 2.75) is 31.1 Å². The maximum Gasteiger partial charge on any atom is 0.244 e. The molecule has 0 aliphatic rings. The first-order chi connectivity index (χ1) is 9.61. The van der Waals surface area contributed by atoms with E-state index in [-0.39, 0.29) is 4.90 Å². The van der Waals surface area contributed by atoms with Gasteiger partial charge in [-0.15, -0.1) is 0 Å². The summed E-state index contributed by atoms with van der Waals surface area (Å²) in [5.74, 6) is 0.346. The Morgan fingerprint density at radius 1 is 1.15 bits per heavy atom. The van der Waals surface area contributed by atoms with Gasteiger partial charge in [0.2, 0.25) is 10.0 Å². The highest BCUT2D eigenvalue weighted by molar-refractivity contribution is 7.89. The van der Waals surface area contributed by atoms with Crippen LogP contribution in [0.15, 0.2) is 29.2 Å². The van der Waals surface area contributed by atoms with Crippen molar-refractivity contribution in [1.82, 2.24) is 4.72 Å². The van der Waals surface area contributed by atoms with Gasteiger partial charge in [-0.1, -0.05) is 25.5 Å². The number of para-hydroxylation sites is 1. The van der Waals surface area contributed by atoms with Gasteiger partial charge in [0.1, 0.15) is 10.6 Å². The largest absolute Gasteiger partial charge is 0.495 e. The number of unbranched alkanes of at least 4 members (excludes halogenated alkanes) is 1. The van der Waals surface area contributed by atoms with Crippen molar-refractivity contribution in [2.75, 3.05) is 26.9 Å². The Balaban J connectivity index is 2.42. The second kappa shape index (κ2) is 8.94. The lowest BCUT2D eigenvalue weighted by Gasteiger charge is -2.10. The van der Waals surface area contributed by atoms with Crippen molar-refractivity contribution in [3.05, 3.63) is 24.3 Å². The lowest BCUT2D eigenvalue weighted by molar-refractivity contribution is 0.130. The minimum absolute atomic E-state index is 0.161. The Hall–Kier alpha value is -1.11. The smallest absolute Gasteiger partial charge is 0.244 e. The molecule has 0 bridgehead atoms. The van der Waals surface area contributed by atoms with E-state index < -0.39 is 10.0 Å². The molecule has 0 amide bonds. The van der Waals surface area contributed by atoms with Crippen LogP contribution in [0.2, 0.25) is 0 Å². The van der Waals surface area contributed by atoms with Gasteiger partial charge in [0.15, 0.2) is 0 Å². The molecule has 0 fully saturated rings. The zero-order chi connectivity index (χ0) is 14.8. The minimum Gasteiger partial charge on any atom is -0.495 e. The van der Waals surface area contributed by atoms with Crippen molar-refractivity contribution in [3.8, 4) is 5.75 Å². The van der Waals surface area contributed by atoms with Crippen molar-refractivity contribution >= 4 is 10.0 Å². The van der Waals surface area contributed by atoms with Crippen LogP contribution in [0.5, 0.6) is 5.75 Å². The molecule has 0 unspecified atom stereocenters. The third-order valence-corrected chi connectivity index (χ3v) is 4.26. The summed E-state index contributed by atoms with van der Waals surface area (Å²) in [7, 11) is -2.08. The van der Waals surface area contributed by atoms with Crippen LogP contribution in [0.1, 0.15) is 26.2 Å². The van der Waals surface area contributed by atoms with Gasteiger partial charge in [0, 0.05) is 19.8 Å². The van der Waals surface area contributed by atoms with Crippen molar-refractivity contribution < 1.29 is 17.9 Å². The van der Waals surface area contributed by atoms with E-state index in [1.807, 2.05) is 0 Å². The van der Waals surface area contributed by atoms with E-state index in [4.69, 9.17) is 9.47 Å². The first kappa shape index (κ1) is 16.9. The van der Waals surface area contributed by atoms with Gasteiger partial charge in [-0.25, -0.2) is 13.1 Å². The summed E-state index contributed by atoms with van der Waals surface area (Å²) in [6.45, 7) is 3.75. The fraction of sp³-hybridized carbons (Fsp3) is 0.571. The molecule has 5 nitrogen and oxygen atoms in total. The summed E-state index contributed by atoms with van der Waals surface area (Å²) in [5, 5.41) is 0. The van der Waals surface area contributed by atoms with E-state index in [2.05, 4.69) is 11.6 Å². The summed E-state index contributed by atoms with van der Waals surface area (Å²) in [6.07, 6.45) is 2.78. The molecule has 0 saturated carbocycles. The van der Waals surface area contributed by atoms with Gasteiger partial charge in [-0.3, -0.25) is 0 Å². The van der Waals surface area contributed by atoms with E-state index in [1.54, 1.807) is 18.2 Å². The molecule has 0 radical (unpaired) electrons. The standard InChI is InChI=1S/C14H23NO4S/c1-3-4-11-19-12-7-10-15-20(16,17)14-9-6-5-8-13(14)18-2/h5-6,8-9,15H,3-4,7,10-12H2,1-2H3. The molecular weight excluding hydrogens is 278 g/mol. The maximum absolute atomic E-state index is 12.1. The van der Waals surface area contributed by atoms with Crippen LogP contribution in [-0.2, 0) is 14.8 Å². The number of hydrogen-bond donors (Lipinski definition) is 1. The van der Waals surface area contributed by atoms with Gasteiger partial charge < -0.3 is 9.47 Å². The first-order valence-corrected chi connectivity index (χ1v) is 8.30. The summed E-state index contributed by atoms with van der Waals surface area (Å²) in [5.41, 5.74) is 0. The highest BCUT2D eigenvalue weighted by atomic mass is 32.2. The van der Waals surface area contributed by atoms with Gasteiger partial charge in [0.25, 0.3) is 0 Å². The summed E-state index contributed by atoms with van der Waals surface area (Å²) >= 11 is 0. The Morgan fingerprint density at radius 2 is 1.85 bits per heavy atom. The monoisotopic (exact) mass is 301 g/mol. The number of benzene rings is 1. The summed E-state index contributed by atoms with van der Waals surface area (Å²) < 4.78 is 37.2. The zero-order valence-corrected chi connectivity index (χ0v) is 12.9. The number of nitrogens with one attached hydrogen (secondary N) is 1. The molecule has 1 aromatic rings. The van der Waals surface area contributed by atoms with Crippen LogP contribution in [0, 0.1) is 0 Å². The Bertz CT molecular complexity index is 488. The van der Waals surface area contributed by atoms with E-state index in [0.29, 0.717) is 25.3 Å². The van der Waals surface area contributed by atoms with Gasteiger partial charge >= 0.3 is 0 Å². The molecule has 114 valence electrons. The third kappa shape index (κ3) is 5.48. The van der Waals surface area contributed by atoms with Crippen molar-refractivity contribution in [1.29, 1.82) is 0 Å². The number of methoxy groups -OCH3 is 1. The van der Waals surface area contributed by atoms with Crippen LogP contribution in [0.25, 0.3) is 0 Å². The van der Waals surface area contributed by atoms with E-state index in [1.165, 1.54) is 13.2 Å². The molecule has 0 aliphatic carbocycles. The predicted molar refractivity (Wildman–Crippen MR) is 78.5 cm³/mol. The van der Waals surface area contributed by atoms with Crippen LogP contribution in [-0.4, -0.2) is 35.3 Å². The Kier molecular flexibility index (Phi) is 7.58. The normalized spacial score (nSPS) is 11.5. The van der Waals surface area contributed by atoms with Gasteiger partial charge in [0.05, 0.1) is 7.11 Å². The number of rotatable bonds is 10. The summed E-state index contributed by atoms with van der Waals surface area (Å²) in [4.78, 5) is 0.161. The second-order valence-corrected chi connectivity index (χ2v) is 6.10. The highest BCUT2D eigenvalue weighted by Crippen LogP contribution is 2.22. The lowest BCUT2D eigenvalue weighted by atomic mass is 10.3. The third-order valence-electron chi connectivity index (χ3n) is 2.76. The molecule has 20 heavy (non-hydrogen) atoms. The van der Waals surface area contributed by atoms with Crippen LogP contribution in [0.3, 0.4) is 0 Å². The highest BCUT2D eigenvalue weighted by Gasteiger charge is 2.17. The maximum atomic E-state index is 12.1. The number of hydrogen-bond acceptors (Lipinski definition) is 4. The topological polar surface area (TPSA) is 64.6 Å². The Morgan fingerprint density at radius 3 is 2.55 bits per heavy atom. The number of ether oxygens (including phenoxy) is 2. The van der Waals surface area contributed by atoms with E-state index >= 15 is 0 Å². The fourth-order valence-corrected chi connectivity index (χ4v) is 2.89. The molecule has 1 N–H and O–H groups in total. The molecule has 6 heteroatoms. The molecule has 1 rings (SSSR count). The Labute approximate surface area is 121 Å². The van der Waals surface area contributed by atoms with Crippen molar-refractivity contribution in [3.63, 3.8) is 0 Å². The molecule has 1 aromatic carbocycles. The molecule has 0 saturated heterocycles. The van der Waals surface area contributed by atoms with Crippen LogP contribution in [0.4, 0.5) is 0 Å². The van der Waals surface area contributed by atoms with Gasteiger partial charge in [-0.2, -0.15) is 0 Å². The van der Waals surface area contributed by atoms with Crippen LogP contribution < -0.4 is 9.46 Å². The molecule has 0 heterocycles. The van der Waals surface area contributed by atoms with Crippen molar-refractivity contribution in [2.24, 2.45) is 0 Å². The molecule has 0 spiro atoms. The summed E-state index contributed by atoms with van der Waals surface area (Å²) in [6, 6.07) is 6.56. The predicted octanol–water partition coefficient (Wildman–Crippen LogP) is 2.18. The SMILES string of the molecule is CCCCOCCCNS(=O)(=O)c1ccccc1OC. The average Bonchev–Trinajstić information content (AvgIpc) is 2.46. The number of sulfonamides is 1. The van der Waals surface area contributed by atoms with Crippen LogP contribution >= 0.6 is 0 Å². The lowest BCUT2D eigenvalue weighted by Crippen LogP contribution is -2.26. The first-order valence-electron chi connectivity index (χ1n) is 6.82. The molecule has 0 aliphatic heterocycles. The van der Waals surface area contributed by atoms with E-state index in [9.17, 15) is 8.42 Å². The van der Waals surface area contributed by atoms with Gasteiger partial charge in [-0.05, 0) is 25.0 Å². The zero-order valence-electron chi connectivity index (χ0n) is 12.1. The molecule has 0 aromatic heterocycles. The average molecular weight is 301 g/mol. The fourth-order valence-electron chi connectivity index (χ4n) is 1.65. The second-order valence-electron chi connectivity index (χ2n) is 4.37. The molecular formula is C14H23NO4S.